The fraction of sp³-hybridized carbons (Fsp3) is 0.562. The van der Waals surface area contributed by atoms with Gasteiger partial charge in [-0.2, -0.15) is 0 Å². The minimum atomic E-state index is -2.33. The molecule has 0 aromatic heterocycles. The van der Waals surface area contributed by atoms with Crippen molar-refractivity contribution in [3.8, 4) is 11.5 Å². The van der Waals surface area contributed by atoms with E-state index >= 15 is 0 Å². The van der Waals surface area contributed by atoms with Crippen molar-refractivity contribution < 1.29 is 33.6 Å². The molecule has 11 heteroatoms. The molecule has 0 saturated carbocycles. The Hall–Kier alpha value is -2.38. The van der Waals surface area contributed by atoms with Crippen molar-refractivity contribution >= 4 is 39.7 Å². The first kappa shape index (κ1) is 35.1. The summed E-state index contributed by atoms with van der Waals surface area (Å²) in [5, 5.41) is 14.5. The van der Waals surface area contributed by atoms with E-state index in [1.165, 1.54) is 0 Å². The normalized spacial score (nSPS) is 15.6. The maximum Gasteiger partial charge on any atom is 0.453 e. The Morgan fingerprint density at radius 3 is 2.05 bits per heavy atom. The zero-order valence-electron chi connectivity index (χ0n) is 26.6. The third-order valence-electron chi connectivity index (χ3n) is 7.10. The summed E-state index contributed by atoms with van der Waals surface area (Å²) in [5.41, 5.74) is 1.65. The van der Waals surface area contributed by atoms with Crippen molar-refractivity contribution in [2.75, 3.05) is 19.8 Å². The van der Waals surface area contributed by atoms with Crippen molar-refractivity contribution in [2.45, 2.75) is 95.5 Å². The van der Waals surface area contributed by atoms with Crippen molar-refractivity contribution in [3.63, 3.8) is 0 Å². The fourth-order valence-electron chi connectivity index (χ4n) is 4.72. The standard InChI is InChI=1S/C32H48ClNO7Si2/c1-23(34-22-27(35)25-11-8-12-26(33)21-25)19-24-13-14-28-29(20-24)41-32(40-28,30(36)38-15-9-17-42(2,3)4)31(37)39-16-10-18-43(5,6)7/h8,11-14,20-21,23,27,34-35H,9-10,15-19,22H2,1-7H3. The molecule has 2 unspecified atom stereocenters. The number of hydrogen-bond donors (Lipinski definition) is 2. The van der Waals surface area contributed by atoms with Crippen LogP contribution < -0.4 is 14.8 Å². The van der Waals surface area contributed by atoms with Gasteiger partial charge in [0.1, 0.15) is 0 Å². The first-order valence-electron chi connectivity index (χ1n) is 15.1. The van der Waals surface area contributed by atoms with Crippen LogP contribution in [0.3, 0.4) is 0 Å². The van der Waals surface area contributed by atoms with Gasteiger partial charge in [0.25, 0.3) is 0 Å². The highest BCUT2D eigenvalue weighted by Crippen LogP contribution is 2.41. The molecule has 8 nitrogen and oxygen atoms in total. The summed E-state index contributed by atoms with van der Waals surface area (Å²) in [6.45, 7) is 16.2. The Labute approximate surface area is 263 Å². The molecular weight excluding hydrogens is 602 g/mol. The molecule has 0 bridgehead atoms. The van der Waals surface area contributed by atoms with E-state index in [0.29, 0.717) is 30.8 Å². The zero-order valence-corrected chi connectivity index (χ0v) is 29.4. The third-order valence-corrected chi connectivity index (χ3v) is 11.0. The van der Waals surface area contributed by atoms with Crippen LogP contribution in [0.4, 0.5) is 0 Å². The van der Waals surface area contributed by atoms with E-state index in [1.54, 1.807) is 24.3 Å². The van der Waals surface area contributed by atoms with Gasteiger partial charge in [-0.1, -0.05) is 81.2 Å². The lowest BCUT2D eigenvalue weighted by Crippen LogP contribution is -2.56. The van der Waals surface area contributed by atoms with Crippen LogP contribution in [0.5, 0.6) is 11.5 Å². The lowest BCUT2D eigenvalue weighted by Gasteiger charge is -2.24. The average Bonchev–Trinajstić information content (AvgIpc) is 3.31. The molecule has 1 aliphatic heterocycles. The van der Waals surface area contributed by atoms with Gasteiger partial charge in [-0.05, 0) is 61.6 Å². The van der Waals surface area contributed by atoms with Crippen LogP contribution >= 0.6 is 11.6 Å². The monoisotopic (exact) mass is 649 g/mol. The van der Waals surface area contributed by atoms with E-state index in [4.69, 9.17) is 30.5 Å². The lowest BCUT2D eigenvalue weighted by molar-refractivity contribution is -0.202. The number of aliphatic hydroxyl groups excluding tert-OH is 1. The number of ether oxygens (including phenoxy) is 4. The van der Waals surface area contributed by atoms with Crippen molar-refractivity contribution in [1.82, 2.24) is 5.32 Å². The van der Waals surface area contributed by atoms with E-state index in [2.05, 4.69) is 44.6 Å². The summed E-state index contributed by atoms with van der Waals surface area (Å²) in [7, 11) is -2.62. The highest BCUT2D eigenvalue weighted by atomic mass is 35.5. The van der Waals surface area contributed by atoms with Crippen molar-refractivity contribution in [1.29, 1.82) is 0 Å². The Morgan fingerprint density at radius 1 is 0.907 bits per heavy atom. The molecule has 2 aromatic carbocycles. The smallest absolute Gasteiger partial charge is 0.453 e. The van der Waals surface area contributed by atoms with Crippen LogP contribution in [0.15, 0.2) is 42.5 Å². The Balaban J connectivity index is 1.66. The largest absolute Gasteiger partial charge is 0.459 e. The molecule has 0 fully saturated rings. The Bertz CT molecular complexity index is 1210. The maximum atomic E-state index is 13.3. The summed E-state index contributed by atoms with van der Waals surface area (Å²) < 4.78 is 22.9. The molecule has 0 aliphatic carbocycles. The zero-order chi connectivity index (χ0) is 31.8. The minimum absolute atomic E-state index is 0.00614. The molecule has 0 amide bonds. The molecule has 3 rings (SSSR count). The molecule has 0 saturated heterocycles. The fourth-order valence-corrected chi connectivity index (χ4v) is 7.33. The second-order valence-electron chi connectivity index (χ2n) is 13.8. The van der Waals surface area contributed by atoms with Crippen molar-refractivity contribution in [2.24, 2.45) is 0 Å². The van der Waals surface area contributed by atoms with Gasteiger partial charge in [-0.3, -0.25) is 0 Å². The SMILES string of the molecule is CC(Cc1ccc2c(c1)OC(C(=O)OCCC[Si](C)(C)C)(C(=O)OCCC[Si](C)(C)C)O2)NCC(O)c1cccc(Cl)c1. The van der Waals surface area contributed by atoms with Crippen LogP contribution in [0.1, 0.15) is 37.0 Å². The number of carbonyl (C=O) groups is 2. The minimum Gasteiger partial charge on any atom is -0.459 e. The molecule has 2 atom stereocenters. The van der Waals surface area contributed by atoms with Crippen LogP contribution in [0.25, 0.3) is 0 Å². The molecule has 0 spiro atoms. The van der Waals surface area contributed by atoms with E-state index in [0.717, 1.165) is 23.2 Å². The van der Waals surface area contributed by atoms with Crippen LogP contribution in [0.2, 0.25) is 56.4 Å². The molecule has 1 aliphatic rings. The van der Waals surface area contributed by atoms with E-state index in [1.807, 2.05) is 25.1 Å². The number of rotatable bonds is 16. The number of benzene rings is 2. The summed E-state index contributed by atoms with van der Waals surface area (Å²) >= 11 is 6.05. The average molecular weight is 650 g/mol. The number of fused-ring (bicyclic) bond motifs is 1. The Kier molecular flexibility index (Phi) is 12.3. The summed E-state index contributed by atoms with van der Waals surface area (Å²) in [6.07, 6.45) is 1.31. The predicted molar refractivity (Wildman–Crippen MR) is 175 cm³/mol. The van der Waals surface area contributed by atoms with E-state index < -0.39 is 40.0 Å². The highest BCUT2D eigenvalue weighted by Gasteiger charge is 2.59. The maximum absolute atomic E-state index is 13.3. The quantitative estimate of drug-likeness (QED) is 0.0907. The summed E-state index contributed by atoms with van der Waals surface area (Å²) in [4.78, 5) is 26.7. The summed E-state index contributed by atoms with van der Waals surface area (Å²) in [5.74, 6) is -3.58. The van der Waals surface area contributed by atoms with E-state index in [9.17, 15) is 14.7 Å². The highest BCUT2D eigenvalue weighted by molar-refractivity contribution is 6.76. The first-order valence-corrected chi connectivity index (χ1v) is 22.9. The number of nitrogens with one attached hydrogen (secondary N) is 1. The van der Waals surface area contributed by atoms with Crippen LogP contribution in [0, 0.1) is 0 Å². The number of carbonyl (C=O) groups excluding carboxylic acids is 2. The van der Waals surface area contributed by atoms with Gasteiger partial charge in [-0.15, -0.1) is 0 Å². The van der Waals surface area contributed by atoms with Gasteiger partial charge in [0.05, 0.1) is 19.3 Å². The predicted octanol–water partition coefficient (Wildman–Crippen LogP) is 6.60. The first-order chi connectivity index (χ1) is 20.1. The van der Waals surface area contributed by atoms with Gasteiger partial charge >= 0.3 is 17.7 Å². The van der Waals surface area contributed by atoms with Gasteiger partial charge in [0, 0.05) is 33.8 Å². The summed E-state index contributed by atoms with van der Waals surface area (Å²) in [6, 6.07) is 14.5. The second kappa shape index (κ2) is 15.1. The second-order valence-corrected chi connectivity index (χ2v) is 25.5. The molecule has 43 heavy (non-hydrogen) atoms. The molecule has 1 heterocycles. The molecule has 238 valence electrons. The molecule has 2 aromatic rings. The van der Waals surface area contributed by atoms with Gasteiger partial charge in [0.2, 0.25) is 0 Å². The third kappa shape index (κ3) is 10.9. The van der Waals surface area contributed by atoms with Gasteiger partial charge in [-0.25, -0.2) is 9.59 Å². The van der Waals surface area contributed by atoms with Gasteiger partial charge in [0.15, 0.2) is 11.5 Å². The molecule has 0 radical (unpaired) electrons. The molecular formula is C32H48ClNO7Si2. The van der Waals surface area contributed by atoms with Crippen molar-refractivity contribution in [3.05, 3.63) is 58.6 Å². The molecule has 2 N–H and O–H groups in total. The number of halogens is 1. The Morgan fingerprint density at radius 2 is 1.49 bits per heavy atom. The van der Waals surface area contributed by atoms with Gasteiger partial charge < -0.3 is 29.4 Å². The number of esters is 2. The number of hydrogen-bond acceptors (Lipinski definition) is 8. The van der Waals surface area contributed by atoms with Crippen LogP contribution in [-0.4, -0.2) is 64.8 Å². The topological polar surface area (TPSA) is 103 Å². The number of aliphatic hydroxyl groups is 1. The van der Waals surface area contributed by atoms with E-state index in [-0.39, 0.29) is 30.8 Å². The lowest BCUT2D eigenvalue weighted by atomic mass is 10.1. The van der Waals surface area contributed by atoms with Crippen LogP contribution in [-0.2, 0) is 25.5 Å².